The molecule has 0 aliphatic rings. The fraction of sp³-hybridized carbons (Fsp3) is 0.953. The highest BCUT2D eigenvalue weighted by molar-refractivity contribution is 7.47. The summed E-state index contributed by atoms with van der Waals surface area (Å²) < 4.78 is 39.7. The number of aliphatic hydroxyl groups is 1. The zero-order chi connectivity index (χ0) is 55.5. The molecule has 0 aliphatic carbocycles. The minimum absolute atomic E-state index is 0.179. The third kappa shape index (κ3) is 57.2. The van der Waals surface area contributed by atoms with Gasteiger partial charge in [0.1, 0.15) is 12.7 Å². The van der Waals surface area contributed by atoms with Gasteiger partial charge in [0.25, 0.3) is 0 Å². The van der Waals surface area contributed by atoms with Gasteiger partial charge in [-0.25, -0.2) is 4.57 Å². The highest BCUT2D eigenvalue weighted by Crippen LogP contribution is 2.43. The molecule has 0 saturated heterocycles. The van der Waals surface area contributed by atoms with Gasteiger partial charge in [0.05, 0.1) is 19.8 Å². The van der Waals surface area contributed by atoms with E-state index in [9.17, 15) is 28.9 Å². The number of phosphoric acid groups is 1. The summed E-state index contributed by atoms with van der Waals surface area (Å²) in [5.74, 6) is -1.42. The van der Waals surface area contributed by atoms with E-state index in [4.69, 9.17) is 23.3 Å². The number of unbranched alkanes of at least 4 members (excludes halogenated alkanes) is 46. The van der Waals surface area contributed by atoms with E-state index in [2.05, 4.69) is 20.8 Å². The Labute approximate surface area is 469 Å². The van der Waals surface area contributed by atoms with Crippen molar-refractivity contribution in [1.82, 2.24) is 0 Å². The van der Waals surface area contributed by atoms with Gasteiger partial charge >= 0.3 is 25.7 Å². The van der Waals surface area contributed by atoms with Crippen LogP contribution in [0.15, 0.2) is 0 Å². The number of carbonyl (C=O) groups excluding carboxylic acids is 3. The van der Waals surface area contributed by atoms with E-state index in [1.165, 1.54) is 238 Å². The molecule has 0 saturated carbocycles. The Morgan fingerprint density at radius 2 is 0.526 bits per heavy atom. The first-order valence-corrected chi connectivity index (χ1v) is 34.4. The van der Waals surface area contributed by atoms with E-state index in [1.54, 1.807) is 0 Å². The Kier molecular flexibility index (Phi) is 58.4. The molecule has 0 aromatic heterocycles. The molecule has 0 aromatic carbocycles. The highest BCUT2D eigenvalue weighted by Gasteiger charge is 2.28. The number of aliphatic hydroxyl groups excluding tert-OH is 1. The first-order valence-electron chi connectivity index (χ1n) is 32.9. The van der Waals surface area contributed by atoms with Crippen LogP contribution in [0.25, 0.3) is 0 Å². The van der Waals surface area contributed by atoms with Crippen molar-refractivity contribution >= 4 is 25.7 Å². The number of hydrogen-bond acceptors (Lipinski definition) is 10. The lowest BCUT2D eigenvalue weighted by Crippen LogP contribution is -2.30. The molecule has 0 heterocycles. The van der Waals surface area contributed by atoms with E-state index in [0.29, 0.717) is 19.3 Å². The average molecular weight is 1100 g/mol. The van der Waals surface area contributed by atoms with Crippen LogP contribution in [0.5, 0.6) is 0 Å². The first kappa shape index (κ1) is 74.5. The molecule has 12 heteroatoms. The lowest BCUT2D eigenvalue weighted by Gasteiger charge is -2.21. The SMILES string of the molecule is CCCCCCCCCCCCCCCCCCCCCC(=O)OC(COC(=O)CCCCCCCCCCCCCCC)COP(=O)(O)OCC(CO)OC(=O)CCCCCCCCCCCCCCCCCCC. The van der Waals surface area contributed by atoms with Gasteiger partial charge in [0, 0.05) is 19.3 Å². The topological polar surface area (TPSA) is 155 Å². The number of carbonyl (C=O) groups is 3. The van der Waals surface area contributed by atoms with Crippen molar-refractivity contribution in [1.29, 1.82) is 0 Å². The number of ether oxygens (including phenoxy) is 3. The van der Waals surface area contributed by atoms with E-state index in [1.807, 2.05) is 0 Å². The molecule has 0 radical (unpaired) electrons. The van der Waals surface area contributed by atoms with Gasteiger partial charge in [0.15, 0.2) is 6.10 Å². The van der Waals surface area contributed by atoms with Gasteiger partial charge in [-0.2, -0.15) is 0 Å². The summed E-state index contributed by atoms with van der Waals surface area (Å²) >= 11 is 0. The maximum absolute atomic E-state index is 12.9. The maximum Gasteiger partial charge on any atom is 0.472 e. The summed E-state index contributed by atoms with van der Waals surface area (Å²) in [5.41, 5.74) is 0. The van der Waals surface area contributed by atoms with Crippen molar-refractivity contribution in [2.24, 2.45) is 0 Å². The Bertz CT molecular complexity index is 1280. The summed E-state index contributed by atoms with van der Waals surface area (Å²) in [6.07, 6.45) is 59.1. The number of esters is 3. The Hall–Kier alpha value is -1.52. The molecule has 0 bridgehead atoms. The zero-order valence-corrected chi connectivity index (χ0v) is 51.2. The summed E-state index contributed by atoms with van der Waals surface area (Å²) in [7, 11) is -4.74. The molecule has 0 aliphatic heterocycles. The monoisotopic (exact) mass is 1100 g/mol. The molecular formula is C64H125O11P. The average Bonchev–Trinajstić information content (AvgIpc) is 3.41. The summed E-state index contributed by atoms with van der Waals surface area (Å²) in [4.78, 5) is 48.7. The molecule has 0 amide bonds. The van der Waals surface area contributed by atoms with Crippen molar-refractivity contribution in [2.75, 3.05) is 26.4 Å². The minimum atomic E-state index is -4.74. The summed E-state index contributed by atoms with van der Waals surface area (Å²) in [6, 6.07) is 0. The van der Waals surface area contributed by atoms with Crippen LogP contribution < -0.4 is 0 Å². The number of hydrogen-bond donors (Lipinski definition) is 2. The van der Waals surface area contributed by atoms with Crippen molar-refractivity contribution in [3.8, 4) is 0 Å². The standard InChI is InChI=1S/C64H125O11P/c1-4-7-10-13-16-19-22-25-27-29-30-32-34-37-40-43-46-49-52-55-64(68)75-61(57-71-62(66)53-50-47-44-41-38-35-24-21-18-15-12-9-6-3)59-73-76(69,70)72-58-60(56-65)74-63(67)54-51-48-45-42-39-36-33-31-28-26-23-20-17-14-11-8-5-2/h60-61,65H,4-59H2,1-3H3,(H,69,70). The van der Waals surface area contributed by atoms with Gasteiger partial charge in [-0.3, -0.25) is 23.4 Å². The number of phosphoric ester groups is 1. The van der Waals surface area contributed by atoms with E-state index >= 15 is 0 Å². The van der Waals surface area contributed by atoms with Crippen LogP contribution >= 0.6 is 7.82 Å². The molecule has 0 spiro atoms. The lowest BCUT2D eigenvalue weighted by molar-refractivity contribution is -0.161. The molecular weight excluding hydrogens is 976 g/mol. The second kappa shape index (κ2) is 59.6. The van der Waals surface area contributed by atoms with E-state index in [0.717, 1.165) is 57.8 Å². The van der Waals surface area contributed by atoms with Crippen LogP contribution in [-0.2, 0) is 42.2 Å². The van der Waals surface area contributed by atoms with Crippen molar-refractivity contribution < 1.29 is 52.2 Å². The van der Waals surface area contributed by atoms with Gasteiger partial charge in [-0.1, -0.05) is 316 Å². The Balaban J connectivity index is 4.58. The van der Waals surface area contributed by atoms with Crippen molar-refractivity contribution in [2.45, 2.75) is 367 Å². The third-order valence-corrected chi connectivity index (χ3v) is 16.0. The smallest absolute Gasteiger partial charge is 0.462 e. The zero-order valence-electron chi connectivity index (χ0n) is 50.3. The summed E-state index contributed by atoms with van der Waals surface area (Å²) in [6.45, 7) is 4.75. The molecule has 0 rings (SSSR count). The molecule has 3 unspecified atom stereocenters. The second-order valence-corrected chi connectivity index (χ2v) is 24.1. The van der Waals surface area contributed by atoms with Gasteiger partial charge < -0.3 is 24.2 Å². The van der Waals surface area contributed by atoms with Crippen LogP contribution in [-0.4, -0.2) is 66.5 Å². The van der Waals surface area contributed by atoms with Gasteiger partial charge in [-0.15, -0.1) is 0 Å². The predicted octanol–water partition coefficient (Wildman–Crippen LogP) is 19.8. The fourth-order valence-electron chi connectivity index (χ4n) is 10.0. The molecule has 0 fully saturated rings. The normalized spacial score (nSPS) is 13.2. The maximum atomic E-state index is 12.9. The van der Waals surface area contributed by atoms with Crippen LogP contribution in [0.3, 0.4) is 0 Å². The first-order chi connectivity index (χ1) is 37.2. The van der Waals surface area contributed by atoms with Crippen molar-refractivity contribution in [3.05, 3.63) is 0 Å². The third-order valence-electron chi connectivity index (χ3n) is 15.0. The highest BCUT2D eigenvalue weighted by atomic mass is 31.2. The molecule has 2 N–H and O–H groups in total. The molecule has 3 atom stereocenters. The van der Waals surface area contributed by atoms with E-state index < -0.39 is 57.8 Å². The van der Waals surface area contributed by atoms with Crippen LogP contribution in [0.1, 0.15) is 355 Å². The van der Waals surface area contributed by atoms with E-state index in [-0.39, 0.29) is 25.9 Å². The second-order valence-electron chi connectivity index (χ2n) is 22.7. The predicted molar refractivity (Wildman–Crippen MR) is 317 cm³/mol. The van der Waals surface area contributed by atoms with Crippen LogP contribution in [0.2, 0.25) is 0 Å². The Morgan fingerprint density at radius 3 is 0.776 bits per heavy atom. The fourth-order valence-corrected chi connectivity index (χ4v) is 10.8. The molecule has 11 nitrogen and oxygen atoms in total. The lowest BCUT2D eigenvalue weighted by atomic mass is 10.0. The van der Waals surface area contributed by atoms with Crippen LogP contribution in [0.4, 0.5) is 0 Å². The largest absolute Gasteiger partial charge is 0.472 e. The molecule has 76 heavy (non-hydrogen) atoms. The minimum Gasteiger partial charge on any atom is -0.462 e. The van der Waals surface area contributed by atoms with Gasteiger partial charge in [-0.05, 0) is 19.3 Å². The van der Waals surface area contributed by atoms with Gasteiger partial charge in [0.2, 0.25) is 0 Å². The van der Waals surface area contributed by atoms with Crippen molar-refractivity contribution in [3.63, 3.8) is 0 Å². The van der Waals surface area contributed by atoms with Crippen LogP contribution in [0, 0.1) is 0 Å². The molecule has 452 valence electrons. The molecule has 0 aromatic rings. The Morgan fingerprint density at radius 1 is 0.316 bits per heavy atom. The number of rotatable bonds is 63. The summed E-state index contributed by atoms with van der Waals surface area (Å²) in [5, 5.41) is 9.85. The quantitative estimate of drug-likeness (QED) is 0.0259.